The van der Waals surface area contributed by atoms with Crippen LogP contribution in [0.25, 0.3) is 27.5 Å². The number of benzene rings is 2. The number of likely N-dealkylation sites (N-methyl/N-ethyl adjacent to an activating group) is 1. The van der Waals surface area contributed by atoms with Crippen LogP contribution in [0.15, 0.2) is 89.5 Å². The van der Waals surface area contributed by atoms with Crippen LogP contribution in [0, 0.1) is 0 Å². The molecule has 6 nitrogen and oxygen atoms in total. The Bertz CT molecular complexity index is 1640. The fraction of sp³-hybridized carbons (Fsp3) is 0.179. The number of amides is 1. The maximum atomic E-state index is 13.4. The Morgan fingerprint density at radius 3 is 2.54 bits per heavy atom. The first-order valence-electron chi connectivity index (χ1n) is 11.6. The lowest BCUT2D eigenvalue weighted by molar-refractivity contribution is -0.137. The molecule has 0 saturated carbocycles. The molecule has 2 aromatic heterocycles. The molecule has 0 saturated heterocycles. The molecule has 4 aromatic rings. The van der Waals surface area contributed by atoms with Crippen LogP contribution >= 0.6 is 0 Å². The maximum Gasteiger partial charge on any atom is 0.416 e. The minimum absolute atomic E-state index is 0.242. The second kappa shape index (κ2) is 9.24. The first kappa shape index (κ1) is 24.3. The number of aromatic nitrogens is 2. The number of fused-ring (bicyclic) bond motifs is 3. The summed E-state index contributed by atoms with van der Waals surface area (Å²) in [4.78, 5) is 33.0. The van der Waals surface area contributed by atoms with Gasteiger partial charge in [0.1, 0.15) is 0 Å². The monoisotopic (exact) mass is 504 g/mol. The van der Waals surface area contributed by atoms with E-state index in [9.17, 15) is 22.8 Å². The van der Waals surface area contributed by atoms with Gasteiger partial charge in [-0.05, 0) is 67.6 Å². The first-order valence-corrected chi connectivity index (χ1v) is 11.6. The molecule has 37 heavy (non-hydrogen) atoms. The lowest BCUT2D eigenvalue weighted by Gasteiger charge is -2.28. The molecule has 0 spiro atoms. The molecule has 1 atom stereocenters. The van der Waals surface area contributed by atoms with E-state index in [2.05, 4.69) is 10.3 Å². The third-order valence-electron chi connectivity index (χ3n) is 6.46. The Balaban J connectivity index is 1.61. The number of carbonyl (C=O) groups excluding carboxylic acids is 1. The molecule has 0 bridgehead atoms. The summed E-state index contributed by atoms with van der Waals surface area (Å²) < 4.78 is 40.6. The number of alkyl halides is 3. The normalized spacial score (nSPS) is 14.6. The zero-order chi connectivity index (χ0) is 26.3. The molecule has 3 heterocycles. The average molecular weight is 505 g/mol. The molecule has 0 aliphatic carbocycles. The highest BCUT2D eigenvalue weighted by Gasteiger charge is 2.30. The summed E-state index contributed by atoms with van der Waals surface area (Å²) >= 11 is 0. The molecule has 5 rings (SSSR count). The molecule has 0 fully saturated rings. The summed E-state index contributed by atoms with van der Waals surface area (Å²) in [6.45, 7) is 2.65. The van der Waals surface area contributed by atoms with E-state index in [1.54, 1.807) is 36.5 Å². The average Bonchev–Trinajstić information content (AvgIpc) is 2.88. The highest BCUT2D eigenvalue weighted by molar-refractivity contribution is 6.07. The van der Waals surface area contributed by atoms with E-state index in [0.717, 1.165) is 24.4 Å². The van der Waals surface area contributed by atoms with Crippen LogP contribution in [-0.4, -0.2) is 40.0 Å². The summed E-state index contributed by atoms with van der Waals surface area (Å²) in [6.07, 6.45) is 2.99. The minimum Gasteiger partial charge on any atom is -0.372 e. The number of nitrogens with zero attached hydrogens (tertiary/aromatic N) is 3. The highest BCUT2D eigenvalue weighted by atomic mass is 19.4. The van der Waals surface area contributed by atoms with Gasteiger partial charge in [0.2, 0.25) is 0 Å². The van der Waals surface area contributed by atoms with Crippen molar-refractivity contribution in [3.05, 3.63) is 106 Å². The molecule has 188 valence electrons. The lowest BCUT2D eigenvalue weighted by atomic mass is 10.1. The summed E-state index contributed by atoms with van der Waals surface area (Å²) in [5.41, 5.74) is 1.24. The van der Waals surface area contributed by atoms with Gasteiger partial charge in [0.25, 0.3) is 11.5 Å². The van der Waals surface area contributed by atoms with Gasteiger partial charge in [0, 0.05) is 42.1 Å². The summed E-state index contributed by atoms with van der Waals surface area (Å²) in [5, 5.41) is 3.84. The summed E-state index contributed by atoms with van der Waals surface area (Å²) in [6, 6.07) is 12.3. The lowest BCUT2D eigenvalue weighted by Crippen LogP contribution is -2.39. The fourth-order valence-electron chi connectivity index (χ4n) is 4.59. The predicted molar refractivity (Wildman–Crippen MR) is 137 cm³/mol. The van der Waals surface area contributed by atoms with Crippen molar-refractivity contribution in [3.63, 3.8) is 0 Å². The second-order valence-electron chi connectivity index (χ2n) is 8.91. The Kier molecular flexibility index (Phi) is 6.07. The minimum atomic E-state index is -4.49. The van der Waals surface area contributed by atoms with Crippen molar-refractivity contribution >= 4 is 27.7 Å². The quantitative estimate of drug-likeness (QED) is 0.395. The zero-order valence-electron chi connectivity index (χ0n) is 20.1. The zero-order valence-corrected chi connectivity index (χ0v) is 20.1. The van der Waals surface area contributed by atoms with Crippen LogP contribution < -0.4 is 10.9 Å². The summed E-state index contributed by atoms with van der Waals surface area (Å²) in [7, 11) is 1.95. The van der Waals surface area contributed by atoms with Crippen molar-refractivity contribution in [2.24, 2.45) is 0 Å². The highest BCUT2D eigenvalue weighted by Crippen LogP contribution is 2.31. The number of pyridine rings is 2. The number of rotatable bonds is 4. The van der Waals surface area contributed by atoms with E-state index in [4.69, 9.17) is 0 Å². The van der Waals surface area contributed by atoms with Crippen LogP contribution in [0.3, 0.4) is 0 Å². The van der Waals surface area contributed by atoms with Crippen molar-refractivity contribution in [3.8, 4) is 5.69 Å². The number of hydrogen-bond donors (Lipinski definition) is 1. The smallest absolute Gasteiger partial charge is 0.372 e. The molecule has 1 aliphatic heterocycles. The van der Waals surface area contributed by atoms with E-state index in [-0.39, 0.29) is 17.6 Å². The van der Waals surface area contributed by atoms with Crippen molar-refractivity contribution in [2.75, 3.05) is 13.6 Å². The van der Waals surface area contributed by atoms with Crippen molar-refractivity contribution in [1.82, 2.24) is 19.8 Å². The molecule has 2 aromatic carbocycles. The van der Waals surface area contributed by atoms with Crippen molar-refractivity contribution < 1.29 is 18.0 Å². The third-order valence-corrected chi connectivity index (χ3v) is 6.46. The Hall–Kier alpha value is -4.40. The van der Waals surface area contributed by atoms with Gasteiger partial charge in [0.05, 0.1) is 28.0 Å². The largest absolute Gasteiger partial charge is 0.416 e. The number of allylic oxidation sites excluding steroid dienone is 2. The topological polar surface area (TPSA) is 67.2 Å². The van der Waals surface area contributed by atoms with Gasteiger partial charge in [-0.25, -0.2) is 0 Å². The number of halogens is 3. The van der Waals surface area contributed by atoms with Crippen LogP contribution in [0.1, 0.15) is 22.8 Å². The first-order chi connectivity index (χ1) is 17.6. The molecular weight excluding hydrogens is 481 g/mol. The van der Waals surface area contributed by atoms with Crippen LogP contribution in [-0.2, 0) is 6.18 Å². The molecule has 1 aliphatic rings. The van der Waals surface area contributed by atoms with E-state index in [1.807, 2.05) is 37.1 Å². The predicted octanol–water partition coefficient (Wildman–Crippen LogP) is 5.06. The Morgan fingerprint density at radius 2 is 1.84 bits per heavy atom. The van der Waals surface area contributed by atoms with E-state index in [1.165, 1.54) is 16.7 Å². The molecule has 1 N–H and O–H groups in total. The van der Waals surface area contributed by atoms with Crippen molar-refractivity contribution in [1.29, 1.82) is 0 Å². The molecule has 0 unspecified atom stereocenters. The van der Waals surface area contributed by atoms with Gasteiger partial charge in [-0.3, -0.25) is 19.1 Å². The van der Waals surface area contributed by atoms with Crippen LogP contribution in [0.2, 0.25) is 0 Å². The van der Waals surface area contributed by atoms with Gasteiger partial charge in [0.15, 0.2) is 0 Å². The number of hydrogen-bond acceptors (Lipinski definition) is 4. The van der Waals surface area contributed by atoms with Crippen molar-refractivity contribution in [2.45, 2.75) is 19.1 Å². The van der Waals surface area contributed by atoms with Crippen LogP contribution in [0.4, 0.5) is 13.2 Å². The van der Waals surface area contributed by atoms with Gasteiger partial charge in [-0.2, -0.15) is 13.2 Å². The molecular formula is C28H23F3N4O2. The fourth-order valence-corrected chi connectivity index (χ4v) is 4.59. The maximum absolute atomic E-state index is 13.4. The van der Waals surface area contributed by atoms with E-state index >= 15 is 0 Å². The third kappa shape index (κ3) is 4.48. The second-order valence-corrected chi connectivity index (χ2v) is 8.91. The number of nitrogens with one attached hydrogen (secondary N) is 1. The molecule has 9 heteroatoms. The SMILES string of the molecule is C[C@H](NC(=O)c1ccc2c(c1)c1ncccc1c(=O)n2-c1ccc(C(F)(F)F)cc1)C1=CC=CCN1C. The summed E-state index contributed by atoms with van der Waals surface area (Å²) in [5.74, 6) is -0.297. The Morgan fingerprint density at radius 1 is 1.08 bits per heavy atom. The van der Waals surface area contributed by atoms with Gasteiger partial charge in [-0.1, -0.05) is 12.2 Å². The van der Waals surface area contributed by atoms with Gasteiger partial charge in [-0.15, -0.1) is 0 Å². The molecule has 0 radical (unpaired) electrons. The van der Waals surface area contributed by atoms with Gasteiger partial charge < -0.3 is 10.2 Å². The van der Waals surface area contributed by atoms with Crippen LogP contribution in [0.5, 0.6) is 0 Å². The van der Waals surface area contributed by atoms with E-state index < -0.39 is 17.3 Å². The van der Waals surface area contributed by atoms with Gasteiger partial charge >= 0.3 is 6.18 Å². The number of carbonyl (C=O) groups is 1. The Labute approximate surface area is 210 Å². The standard InChI is InChI=1S/C28H23F3N4O2/c1-17(23-7-3-4-15-34(23)2)33-26(36)18-8-13-24-22(16-18)25-21(6-5-14-32-25)27(37)35(24)20-11-9-19(10-12-20)28(29,30)31/h3-14,16-17H,15H2,1-2H3,(H,33,36)/t17-/m0/s1. The van der Waals surface area contributed by atoms with E-state index in [0.29, 0.717) is 27.4 Å². The molecule has 1 amide bonds.